The predicted octanol–water partition coefficient (Wildman–Crippen LogP) is -0.650. The molecule has 3 unspecified atom stereocenters. The summed E-state index contributed by atoms with van der Waals surface area (Å²) >= 11 is 0. The first-order valence-electron chi connectivity index (χ1n) is 5.63. The molecule has 14 heavy (non-hydrogen) atoms. The zero-order valence-electron chi connectivity index (χ0n) is 9.64. The van der Waals surface area contributed by atoms with Crippen LogP contribution in [0.3, 0.4) is 0 Å². The maximum absolute atomic E-state index is 11.6. The van der Waals surface area contributed by atoms with E-state index in [1.54, 1.807) is 7.05 Å². The van der Waals surface area contributed by atoms with Crippen molar-refractivity contribution in [3.63, 3.8) is 0 Å². The molecular formula is C10H24N2O2. The van der Waals surface area contributed by atoms with E-state index in [0.29, 0.717) is 18.2 Å². The molecule has 0 heterocycles. The van der Waals surface area contributed by atoms with Crippen molar-refractivity contribution in [2.45, 2.75) is 45.6 Å². The topological polar surface area (TPSA) is 55.0 Å². The Morgan fingerprint density at radius 1 is 1.14 bits per heavy atom. The largest absolute Gasteiger partial charge is 0.634 e. The van der Waals surface area contributed by atoms with Gasteiger partial charge in [-0.2, -0.15) is 0 Å². The van der Waals surface area contributed by atoms with Crippen LogP contribution in [0, 0.1) is 10.4 Å². The van der Waals surface area contributed by atoms with Crippen LogP contribution in [-0.2, 0) is 0 Å². The molecule has 0 aromatic carbocycles. The van der Waals surface area contributed by atoms with Crippen LogP contribution in [0.25, 0.3) is 0 Å². The van der Waals surface area contributed by atoms with E-state index in [1.807, 2.05) is 6.92 Å². The summed E-state index contributed by atoms with van der Waals surface area (Å²) in [4.78, 5) is 0. The van der Waals surface area contributed by atoms with Crippen molar-refractivity contribution < 1.29 is 10.1 Å². The molecule has 0 saturated heterocycles. The van der Waals surface area contributed by atoms with Crippen molar-refractivity contribution in [1.29, 1.82) is 0 Å². The van der Waals surface area contributed by atoms with Crippen LogP contribution in [0.2, 0.25) is 0 Å². The minimum atomic E-state index is 0.116. The molecule has 2 N–H and O–H groups in total. The first kappa shape index (κ1) is 13.8. The van der Waals surface area contributed by atoms with Gasteiger partial charge in [0.2, 0.25) is 0 Å². The summed E-state index contributed by atoms with van der Waals surface area (Å²) in [6.45, 7) is 5.35. The molecule has 0 radical (unpaired) electrons. The van der Waals surface area contributed by atoms with Gasteiger partial charge in [-0.05, 0) is 12.8 Å². The molecule has 0 fully saturated rings. The van der Waals surface area contributed by atoms with Crippen molar-refractivity contribution in [1.82, 2.24) is 0 Å². The van der Waals surface area contributed by atoms with Crippen LogP contribution in [0.4, 0.5) is 0 Å². The van der Waals surface area contributed by atoms with Gasteiger partial charge in [-0.25, -0.2) is 0 Å². The molecule has 0 amide bonds. The third-order valence-corrected chi connectivity index (χ3v) is 2.57. The Balaban J connectivity index is 3.74. The maximum atomic E-state index is 11.6. The van der Waals surface area contributed by atoms with E-state index in [1.165, 1.54) is 0 Å². The first-order valence-corrected chi connectivity index (χ1v) is 5.63. The lowest BCUT2D eigenvalue weighted by atomic mass is 10.1. The highest BCUT2D eigenvalue weighted by atomic mass is 16.5. The Kier molecular flexibility index (Phi) is 8.08. The summed E-state index contributed by atoms with van der Waals surface area (Å²) < 4.78 is 0. The Hall–Kier alpha value is -0.160. The van der Waals surface area contributed by atoms with Crippen molar-refractivity contribution in [2.24, 2.45) is 0 Å². The average Bonchev–Trinajstić information content (AvgIpc) is 2.15. The van der Waals surface area contributed by atoms with Crippen LogP contribution >= 0.6 is 0 Å². The number of hydroxylamine groups is 4. The van der Waals surface area contributed by atoms with Crippen LogP contribution < -0.4 is 10.1 Å². The number of hydrogen-bond donors (Lipinski definition) is 2. The number of nitrogens with one attached hydrogen (secondary N) is 2. The highest BCUT2D eigenvalue weighted by Crippen LogP contribution is 1.91. The third kappa shape index (κ3) is 6.32. The summed E-state index contributed by atoms with van der Waals surface area (Å²) in [6.07, 6.45) is 3.66. The summed E-state index contributed by atoms with van der Waals surface area (Å²) in [5.41, 5.74) is 0. The molecular weight excluding hydrogens is 180 g/mol. The minimum Gasteiger partial charge on any atom is -0.634 e. The molecule has 0 aliphatic rings. The van der Waals surface area contributed by atoms with Gasteiger partial charge in [0.05, 0.1) is 26.2 Å². The lowest BCUT2D eigenvalue weighted by molar-refractivity contribution is -0.885. The van der Waals surface area contributed by atoms with Crippen molar-refractivity contribution >= 4 is 0 Å². The Labute approximate surface area is 87.0 Å². The predicted molar refractivity (Wildman–Crippen MR) is 57.9 cm³/mol. The molecule has 3 atom stereocenters. The van der Waals surface area contributed by atoms with Gasteiger partial charge in [-0.3, -0.25) is 0 Å². The molecule has 0 rings (SSSR count). The second kappa shape index (κ2) is 8.17. The molecule has 0 saturated carbocycles. The molecule has 86 valence electrons. The van der Waals surface area contributed by atoms with Crippen LogP contribution in [-0.4, -0.2) is 26.2 Å². The molecule has 0 aliphatic carbocycles. The lowest BCUT2D eigenvalue weighted by Gasteiger charge is -2.31. The number of unbranched alkanes of at least 4 members (excludes halogenated alkanes) is 1. The van der Waals surface area contributed by atoms with Gasteiger partial charge < -0.3 is 20.5 Å². The highest BCUT2D eigenvalue weighted by Gasteiger charge is 2.13. The lowest BCUT2D eigenvalue weighted by Crippen LogP contribution is -3.12. The standard InChI is InChI=1S/C10H24N2O2/c1-4-6-8-12(14)10(5-2)7-9-11(3)13/h10-12H,4-9H2,1-3H3. The number of hydrogen-bond acceptors (Lipinski definition) is 2. The second-order valence-electron chi connectivity index (χ2n) is 3.92. The molecule has 0 aromatic heterocycles. The number of quaternary nitrogens is 2. The Morgan fingerprint density at radius 3 is 2.21 bits per heavy atom. The fourth-order valence-corrected chi connectivity index (χ4v) is 1.53. The normalized spacial score (nSPS) is 17.8. The van der Waals surface area contributed by atoms with E-state index < -0.39 is 0 Å². The quantitative estimate of drug-likeness (QED) is 0.516. The molecule has 0 spiro atoms. The zero-order chi connectivity index (χ0) is 11.0. The first-order chi connectivity index (χ1) is 6.61. The fourth-order valence-electron chi connectivity index (χ4n) is 1.53. The van der Waals surface area contributed by atoms with E-state index in [0.717, 1.165) is 25.7 Å². The summed E-state index contributed by atoms with van der Waals surface area (Å²) in [7, 11) is 1.59. The van der Waals surface area contributed by atoms with E-state index in [-0.39, 0.29) is 11.1 Å². The van der Waals surface area contributed by atoms with Crippen molar-refractivity contribution in [2.75, 3.05) is 20.1 Å². The van der Waals surface area contributed by atoms with Crippen LogP contribution in [0.1, 0.15) is 39.5 Å². The summed E-state index contributed by atoms with van der Waals surface area (Å²) in [5, 5.41) is 23.0. The zero-order valence-corrected chi connectivity index (χ0v) is 9.64. The van der Waals surface area contributed by atoms with Crippen LogP contribution in [0.15, 0.2) is 0 Å². The molecule has 4 heteroatoms. The molecule has 0 bridgehead atoms. The van der Waals surface area contributed by atoms with Gasteiger partial charge in [0.25, 0.3) is 0 Å². The van der Waals surface area contributed by atoms with E-state index >= 15 is 0 Å². The second-order valence-corrected chi connectivity index (χ2v) is 3.92. The SMILES string of the molecule is CCCC[NH+]([O-])C(CC)CC[NH+](C)[O-]. The van der Waals surface area contributed by atoms with E-state index in [2.05, 4.69) is 6.92 Å². The minimum absolute atomic E-state index is 0.116. The van der Waals surface area contributed by atoms with Gasteiger partial charge in [0.15, 0.2) is 0 Å². The van der Waals surface area contributed by atoms with E-state index in [9.17, 15) is 10.4 Å². The number of rotatable bonds is 8. The monoisotopic (exact) mass is 204 g/mol. The molecule has 0 aliphatic heterocycles. The van der Waals surface area contributed by atoms with Gasteiger partial charge >= 0.3 is 0 Å². The van der Waals surface area contributed by atoms with Crippen LogP contribution in [0.5, 0.6) is 0 Å². The van der Waals surface area contributed by atoms with Gasteiger partial charge in [0.1, 0.15) is 0 Å². The smallest absolute Gasteiger partial charge is 0.0923 e. The summed E-state index contributed by atoms with van der Waals surface area (Å²) in [6, 6.07) is 0.116. The van der Waals surface area contributed by atoms with Gasteiger partial charge in [-0.15, -0.1) is 0 Å². The maximum Gasteiger partial charge on any atom is 0.0923 e. The Bertz CT molecular complexity index is 131. The molecule has 0 aromatic rings. The third-order valence-electron chi connectivity index (χ3n) is 2.57. The average molecular weight is 204 g/mol. The molecule has 4 nitrogen and oxygen atoms in total. The van der Waals surface area contributed by atoms with Crippen molar-refractivity contribution in [3.8, 4) is 0 Å². The van der Waals surface area contributed by atoms with Crippen molar-refractivity contribution in [3.05, 3.63) is 10.4 Å². The fraction of sp³-hybridized carbons (Fsp3) is 1.00. The van der Waals surface area contributed by atoms with Gasteiger partial charge in [0, 0.05) is 6.42 Å². The van der Waals surface area contributed by atoms with Gasteiger partial charge in [-0.1, -0.05) is 20.3 Å². The highest BCUT2D eigenvalue weighted by molar-refractivity contribution is 4.53. The Morgan fingerprint density at radius 2 is 1.79 bits per heavy atom. The summed E-state index contributed by atoms with van der Waals surface area (Å²) in [5.74, 6) is 0. The van der Waals surface area contributed by atoms with E-state index in [4.69, 9.17) is 0 Å².